The Balaban J connectivity index is 1.90. The first-order valence-corrected chi connectivity index (χ1v) is 7.71. The van der Waals surface area contributed by atoms with Crippen LogP contribution >= 0.6 is 0 Å². The number of hydrogen-bond donors (Lipinski definition) is 2. The molecule has 2 N–H and O–H groups in total. The van der Waals surface area contributed by atoms with Crippen molar-refractivity contribution in [3.63, 3.8) is 0 Å². The summed E-state index contributed by atoms with van der Waals surface area (Å²) in [6.07, 6.45) is 1.48. The zero-order valence-electron chi connectivity index (χ0n) is 14.3. The van der Waals surface area contributed by atoms with Crippen molar-refractivity contribution in [3.8, 4) is 17.2 Å². The third-order valence-electron chi connectivity index (χ3n) is 3.87. The molecule has 0 radical (unpaired) electrons. The molecule has 0 bridgehead atoms. The van der Waals surface area contributed by atoms with Crippen LogP contribution in [0.5, 0.6) is 17.2 Å². The molecule has 0 spiro atoms. The standard InChI is InChI=1S/C16H24N4O4/c1-19-4-6-20(7-5-19)11-15(21)18-17-10-12-8-13(23-2)16(22)14(9-12)24-3/h8-10,22H,4-7,11H2,1-3H3,(H,18,21). The second-order valence-electron chi connectivity index (χ2n) is 5.65. The highest BCUT2D eigenvalue weighted by Crippen LogP contribution is 2.36. The molecule has 1 saturated heterocycles. The van der Waals surface area contributed by atoms with Crippen LogP contribution in [0.2, 0.25) is 0 Å². The molecular formula is C16H24N4O4. The van der Waals surface area contributed by atoms with Crippen LogP contribution in [0, 0.1) is 0 Å². The van der Waals surface area contributed by atoms with Gasteiger partial charge in [0.25, 0.3) is 5.91 Å². The number of aromatic hydroxyl groups is 1. The molecule has 0 aromatic heterocycles. The summed E-state index contributed by atoms with van der Waals surface area (Å²) >= 11 is 0. The molecule has 8 nitrogen and oxygen atoms in total. The minimum Gasteiger partial charge on any atom is -0.502 e. The van der Waals surface area contributed by atoms with E-state index in [0.717, 1.165) is 26.2 Å². The molecule has 2 rings (SSSR count). The van der Waals surface area contributed by atoms with Crippen LogP contribution in [0.1, 0.15) is 5.56 Å². The number of amides is 1. The molecule has 1 amide bonds. The van der Waals surface area contributed by atoms with E-state index in [2.05, 4.69) is 27.4 Å². The van der Waals surface area contributed by atoms with Gasteiger partial charge in [-0.1, -0.05) is 0 Å². The monoisotopic (exact) mass is 336 g/mol. The third-order valence-corrected chi connectivity index (χ3v) is 3.87. The van der Waals surface area contributed by atoms with Crippen molar-refractivity contribution in [1.82, 2.24) is 15.2 Å². The maximum Gasteiger partial charge on any atom is 0.254 e. The van der Waals surface area contributed by atoms with Gasteiger partial charge in [-0.2, -0.15) is 5.10 Å². The lowest BCUT2D eigenvalue weighted by atomic mass is 10.2. The first-order chi connectivity index (χ1) is 11.5. The summed E-state index contributed by atoms with van der Waals surface area (Å²) < 4.78 is 10.2. The quantitative estimate of drug-likeness (QED) is 0.566. The van der Waals surface area contributed by atoms with E-state index >= 15 is 0 Å². The van der Waals surface area contributed by atoms with E-state index in [-0.39, 0.29) is 23.2 Å². The van der Waals surface area contributed by atoms with Gasteiger partial charge in [-0.05, 0) is 19.2 Å². The topological polar surface area (TPSA) is 86.6 Å². The number of carbonyl (C=O) groups excluding carboxylic acids is 1. The molecule has 0 aliphatic carbocycles. The molecule has 0 unspecified atom stereocenters. The minimum atomic E-state index is -0.159. The number of phenols is 1. The fraction of sp³-hybridized carbons (Fsp3) is 0.500. The molecule has 0 saturated carbocycles. The van der Waals surface area contributed by atoms with Crippen LogP contribution in [-0.4, -0.2) is 81.0 Å². The predicted molar refractivity (Wildman–Crippen MR) is 90.9 cm³/mol. The number of hydrogen-bond acceptors (Lipinski definition) is 7. The summed E-state index contributed by atoms with van der Waals surface area (Å²) in [6.45, 7) is 4.00. The van der Waals surface area contributed by atoms with Gasteiger partial charge in [-0.25, -0.2) is 5.43 Å². The minimum absolute atomic E-state index is 0.0729. The van der Waals surface area contributed by atoms with Crippen molar-refractivity contribution in [3.05, 3.63) is 17.7 Å². The Kier molecular flexibility index (Phi) is 6.39. The fourth-order valence-corrected chi connectivity index (χ4v) is 2.41. The third kappa shape index (κ3) is 4.84. The fourth-order valence-electron chi connectivity index (χ4n) is 2.41. The van der Waals surface area contributed by atoms with E-state index in [1.807, 2.05) is 0 Å². The first-order valence-electron chi connectivity index (χ1n) is 7.71. The zero-order valence-corrected chi connectivity index (χ0v) is 14.3. The molecular weight excluding hydrogens is 312 g/mol. The number of phenolic OH excluding ortho intramolecular Hbond substituents is 1. The Morgan fingerprint density at radius 2 is 1.83 bits per heavy atom. The van der Waals surface area contributed by atoms with Gasteiger partial charge in [0.1, 0.15) is 0 Å². The highest BCUT2D eigenvalue weighted by Gasteiger charge is 2.16. The number of rotatable bonds is 6. The predicted octanol–water partition coefficient (Wildman–Crippen LogP) is 0.107. The molecule has 132 valence electrons. The van der Waals surface area contributed by atoms with Crippen LogP contribution in [0.15, 0.2) is 17.2 Å². The maximum atomic E-state index is 11.9. The highest BCUT2D eigenvalue weighted by atomic mass is 16.5. The number of ether oxygens (including phenoxy) is 2. The maximum absolute atomic E-state index is 11.9. The number of likely N-dealkylation sites (N-methyl/N-ethyl adjacent to an activating group) is 1. The lowest BCUT2D eigenvalue weighted by Gasteiger charge is -2.31. The summed E-state index contributed by atoms with van der Waals surface area (Å²) in [7, 11) is 4.97. The summed E-state index contributed by atoms with van der Waals surface area (Å²) in [4.78, 5) is 16.2. The van der Waals surface area contributed by atoms with Gasteiger partial charge in [-0.3, -0.25) is 9.69 Å². The molecule has 24 heavy (non-hydrogen) atoms. The van der Waals surface area contributed by atoms with Crippen molar-refractivity contribution in [1.29, 1.82) is 0 Å². The van der Waals surface area contributed by atoms with Crippen molar-refractivity contribution < 1.29 is 19.4 Å². The van der Waals surface area contributed by atoms with Gasteiger partial charge < -0.3 is 19.5 Å². The average molecular weight is 336 g/mol. The summed E-state index contributed by atoms with van der Waals surface area (Å²) in [5.74, 6) is 0.323. The van der Waals surface area contributed by atoms with Gasteiger partial charge >= 0.3 is 0 Å². The normalized spacial score (nSPS) is 16.3. The summed E-state index contributed by atoms with van der Waals surface area (Å²) in [5.41, 5.74) is 3.15. The SMILES string of the molecule is COc1cc(C=NNC(=O)CN2CCN(C)CC2)cc(OC)c1O. The molecule has 1 fully saturated rings. The lowest BCUT2D eigenvalue weighted by molar-refractivity contribution is -0.122. The molecule has 1 aliphatic rings. The van der Waals surface area contributed by atoms with Crippen molar-refractivity contribution in [2.24, 2.45) is 5.10 Å². The van der Waals surface area contributed by atoms with Crippen LogP contribution in [-0.2, 0) is 4.79 Å². The average Bonchev–Trinajstić information content (AvgIpc) is 2.58. The number of piperazine rings is 1. The van der Waals surface area contributed by atoms with Crippen molar-refractivity contribution in [2.75, 3.05) is 54.0 Å². The van der Waals surface area contributed by atoms with E-state index in [1.165, 1.54) is 20.4 Å². The Bertz CT molecular complexity index is 573. The number of nitrogens with zero attached hydrogens (tertiary/aromatic N) is 3. The molecule has 0 atom stereocenters. The Labute approximate surface area is 141 Å². The molecule has 1 aliphatic heterocycles. The smallest absolute Gasteiger partial charge is 0.254 e. The summed E-state index contributed by atoms with van der Waals surface area (Å²) in [6, 6.07) is 3.21. The van der Waals surface area contributed by atoms with Crippen LogP contribution in [0.3, 0.4) is 0 Å². The van der Waals surface area contributed by atoms with Crippen molar-refractivity contribution in [2.45, 2.75) is 0 Å². The largest absolute Gasteiger partial charge is 0.502 e. The Hall–Kier alpha value is -2.32. The van der Waals surface area contributed by atoms with Crippen LogP contribution < -0.4 is 14.9 Å². The molecule has 1 aromatic rings. The number of nitrogens with one attached hydrogen (secondary N) is 1. The second-order valence-corrected chi connectivity index (χ2v) is 5.65. The van der Waals surface area contributed by atoms with E-state index < -0.39 is 0 Å². The van der Waals surface area contributed by atoms with Crippen LogP contribution in [0.4, 0.5) is 0 Å². The summed E-state index contributed by atoms with van der Waals surface area (Å²) in [5, 5.41) is 13.8. The Morgan fingerprint density at radius 3 is 2.38 bits per heavy atom. The van der Waals surface area contributed by atoms with E-state index in [9.17, 15) is 9.90 Å². The number of methoxy groups -OCH3 is 2. The lowest BCUT2D eigenvalue weighted by Crippen LogP contribution is -2.47. The van der Waals surface area contributed by atoms with Gasteiger partial charge in [-0.15, -0.1) is 0 Å². The molecule has 8 heteroatoms. The molecule has 1 aromatic carbocycles. The van der Waals surface area contributed by atoms with E-state index in [4.69, 9.17) is 9.47 Å². The van der Waals surface area contributed by atoms with Gasteiger partial charge in [0.05, 0.1) is 27.0 Å². The molecule has 1 heterocycles. The zero-order chi connectivity index (χ0) is 17.5. The van der Waals surface area contributed by atoms with Crippen LogP contribution in [0.25, 0.3) is 0 Å². The van der Waals surface area contributed by atoms with Crippen molar-refractivity contribution >= 4 is 12.1 Å². The van der Waals surface area contributed by atoms with Gasteiger partial charge in [0.15, 0.2) is 11.5 Å². The number of benzene rings is 1. The Morgan fingerprint density at radius 1 is 1.25 bits per heavy atom. The first kappa shape index (κ1) is 18.0. The van der Waals surface area contributed by atoms with E-state index in [1.54, 1.807) is 12.1 Å². The number of hydrazone groups is 1. The number of carbonyl (C=O) groups is 1. The van der Waals surface area contributed by atoms with E-state index in [0.29, 0.717) is 12.1 Å². The van der Waals surface area contributed by atoms with Gasteiger partial charge in [0.2, 0.25) is 5.75 Å². The van der Waals surface area contributed by atoms with Gasteiger partial charge in [0, 0.05) is 31.7 Å². The highest BCUT2D eigenvalue weighted by molar-refractivity contribution is 5.84. The second kappa shape index (κ2) is 8.51.